The lowest BCUT2D eigenvalue weighted by atomic mass is 10.1. The van der Waals surface area contributed by atoms with Crippen molar-refractivity contribution in [1.82, 2.24) is 5.43 Å². The van der Waals surface area contributed by atoms with Crippen molar-refractivity contribution in [3.63, 3.8) is 0 Å². The van der Waals surface area contributed by atoms with E-state index in [-0.39, 0.29) is 23.1 Å². The van der Waals surface area contributed by atoms with Gasteiger partial charge in [-0.15, -0.1) is 0 Å². The van der Waals surface area contributed by atoms with Crippen LogP contribution in [0.5, 0.6) is 0 Å². The summed E-state index contributed by atoms with van der Waals surface area (Å²) in [7, 11) is 3.74. The molecule has 0 heterocycles. The molecule has 0 radical (unpaired) electrons. The number of hydrogen-bond acceptors (Lipinski definition) is 4. The summed E-state index contributed by atoms with van der Waals surface area (Å²) in [6.07, 6.45) is 1.86. The minimum absolute atomic E-state index is 0.0262. The third-order valence-electron chi connectivity index (χ3n) is 2.52. The Kier molecular flexibility index (Phi) is 9.99. The van der Waals surface area contributed by atoms with Gasteiger partial charge in [0, 0.05) is 18.0 Å². The highest BCUT2D eigenvalue weighted by Crippen LogP contribution is 2.09. The third kappa shape index (κ3) is 10.2. The highest BCUT2D eigenvalue weighted by Gasteiger charge is 2.29. The Bertz CT molecular complexity index is 310. The summed E-state index contributed by atoms with van der Waals surface area (Å²) in [5, 5.41) is 18.1. The van der Waals surface area contributed by atoms with Gasteiger partial charge in [-0.25, -0.2) is 4.59 Å². The molecule has 6 nitrogen and oxygen atoms in total. The molecular weight excluding hydrogens is 248 g/mol. The number of nitrogens with zero attached hydrogens (tertiary/aromatic N) is 1. The number of quaternary nitrogens is 1. The predicted octanol–water partition coefficient (Wildman–Crippen LogP) is -0.413. The number of hydrogen-bond donors (Lipinski definition) is 2. The van der Waals surface area contributed by atoms with Crippen LogP contribution in [0.2, 0.25) is 0 Å². The molecule has 1 amide bonds. The smallest absolute Gasteiger partial charge is 0.290 e. The van der Waals surface area contributed by atoms with Gasteiger partial charge >= 0.3 is 0 Å². The van der Waals surface area contributed by atoms with Crippen LogP contribution >= 0.6 is 0 Å². The number of nitrogens with one attached hydrogen (secondary N) is 1. The minimum atomic E-state index is -1.08. The van der Waals surface area contributed by atoms with E-state index >= 15 is 0 Å². The fourth-order valence-electron chi connectivity index (χ4n) is 1.40. The van der Waals surface area contributed by atoms with E-state index in [9.17, 15) is 9.90 Å². The summed E-state index contributed by atoms with van der Waals surface area (Å²) in [6, 6.07) is 0.0262. The lowest BCUT2D eigenvalue weighted by Gasteiger charge is -2.36. The molecule has 112 valence electrons. The molecule has 0 aromatic heterocycles. The summed E-state index contributed by atoms with van der Waals surface area (Å²) in [4.78, 5) is 20.4. The number of likely N-dealkylation sites (N-methyl/N-ethyl adjacent to an activating group) is 1. The van der Waals surface area contributed by atoms with Crippen LogP contribution in [0.15, 0.2) is 12.2 Å². The molecule has 1 atom stereocenters. The standard InChI is InChI=1S/C11H22N2O2.C2H4O2/c1-6-7-10(8-14)13(4,5)12-11(15)9(2)3;1-2(3)4/h10,14H,2,6-8H2,1,3-5H3;1H3,(H,3,4). The lowest BCUT2D eigenvalue weighted by Crippen LogP contribution is -2.61. The Morgan fingerprint density at radius 2 is 1.79 bits per heavy atom. The average molecular weight is 274 g/mol. The number of aliphatic hydroxyl groups excluding tert-OH is 1. The Hall–Kier alpha value is -1.40. The first-order valence-corrected chi connectivity index (χ1v) is 6.18. The van der Waals surface area contributed by atoms with Crippen LogP contribution in [0.25, 0.3) is 0 Å². The zero-order chi connectivity index (χ0) is 15.6. The molecule has 0 bridgehead atoms. The monoisotopic (exact) mass is 274 g/mol. The van der Waals surface area contributed by atoms with Gasteiger partial charge in [0.1, 0.15) is 6.04 Å². The Balaban J connectivity index is 0. The van der Waals surface area contributed by atoms with Crippen LogP contribution in [0.1, 0.15) is 33.6 Å². The maximum Gasteiger partial charge on any atom is 0.290 e. The molecule has 2 N–H and O–H groups in total. The molecule has 0 aromatic carbocycles. The number of aliphatic carboxylic acids is 1. The third-order valence-corrected chi connectivity index (χ3v) is 2.52. The molecule has 0 aliphatic carbocycles. The zero-order valence-corrected chi connectivity index (χ0v) is 12.5. The van der Waals surface area contributed by atoms with Gasteiger partial charge in [-0.1, -0.05) is 19.9 Å². The Labute approximate surface area is 115 Å². The second-order valence-corrected chi connectivity index (χ2v) is 4.88. The van der Waals surface area contributed by atoms with Crippen molar-refractivity contribution in [2.45, 2.75) is 39.7 Å². The van der Waals surface area contributed by atoms with E-state index in [0.717, 1.165) is 19.8 Å². The summed E-state index contributed by atoms with van der Waals surface area (Å²) >= 11 is 0. The van der Waals surface area contributed by atoms with Crippen molar-refractivity contribution in [2.24, 2.45) is 0 Å². The number of carboxylic acid groups (broad SMARTS) is 1. The summed E-state index contributed by atoms with van der Waals surface area (Å²) < 4.78 is 0.288. The van der Waals surface area contributed by atoms with Gasteiger partial charge in [-0.3, -0.25) is 4.79 Å². The maximum atomic E-state index is 11.5. The Morgan fingerprint density at radius 1 is 1.37 bits per heavy atom. The van der Waals surface area contributed by atoms with Crippen molar-refractivity contribution in [3.05, 3.63) is 12.2 Å². The number of carboxylic acids is 1. The summed E-state index contributed by atoms with van der Waals surface area (Å²) in [5.41, 5.74) is 3.31. The molecule has 0 saturated carbocycles. The van der Waals surface area contributed by atoms with Crippen LogP contribution in [-0.2, 0) is 9.59 Å². The average Bonchev–Trinajstić information content (AvgIpc) is 2.23. The highest BCUT2D eigenvalue weighted by atomic mass is 16.4. The van der Waals surface area contributed by atoms with Crippen LogP contribution in [0.4, 0.5) is 0 Å². The maximum absolute atomic E-state index is 11.5. The van der Waals surface area contributed by atoms with Crippen molar-refractivity contribution in [1.29, 1.82) is 0 Å². The van der Waals surface area contributed by atoms with Crippen LogP contribution in [0, 0.1) is 0 Å². The van der Waals surface area contributed by atoms with Crippen LogP contribution < -0.4 is 10.5 Å². The minimum Gasteiger partial charge on any atom is -0.550 e. The first kappa shape index (κ1) is 19.9. The molecule has 0 spiro atoms. The molecule has 19 heavy (non-hydrogen) atoms. The van der Waals surface area contributed by atoms with E-state index in [1.165, 1.54) is 0 Å². The highest BCUT2D eigenvalue weighted by molar-refractivity contribution is 5.91. The van der Waals surface area contributed by atoms with Crippen LogP contribution in [-0.4, -0.2) is 48.3 Å². The van der Waals surface area contributed by atoms with E-state index in [1.807, 2.05) is 14.1 Å². The van der Waals surface area contributed by atoms with Gasteiger partial charge in [-0.05, 0) is 13.8 Å². The van der Waals surface area contributed by atoms with E-state index in [2.05, 4.69) is 18.9 Å². The fourth-order valence-corrected chi connectivity index (χ4v) is 1.40. The zero-order valence-electron chi connectivity index (χ0n) is 12.5. The molecular formula is C13H26N2O4. The summed E-state index contributed by atoms with van der Waals surface area (Å²) in [6.45, 7) is 8.35. The second kappa shape index (κ2) is 9.52. The Morgan fingerprint density at radius 3 is 2.05 bits per heavy atom. The van der Waals surface area contributed by atoms with Crippen molar-refractivity contribution < 1.29 is 24.4 Å². The van der Waals surface area contributed by atoms with E-state index < -0.39 is 5.97 Å². The number of amides is 1. The van der Waals surface area contributed by atoms with Gasteiger partial charge in [0.2, 0.25) is 0 Å². The molecule has 6 heteroatoms. The van der Waals surface area contributed by atoms with Gasteiger partial charge < -0.3 is 15.0 Å². The first-order valence-electron chi connectivity index (χ1n) is 6.18. The van der Waals surface area contributed by atoms with E-state index in [4.69, 9.17) is 9.90 Å². The van der Waals surface area contributed by atoms with Crippen LogP contribution in [0.3, 0.4) is 0 Å². The quantitative estimate of drug-likeness (QED) is 0.391. The number of rotatable bonds is 6. The largest absolute Gasteiger partial charge is 0.550 e. The molecule has 0 aromatic rings. The SMILES string of the molecule is C=C(C)C(=O)N[N+](C)(C)C(CO)CCC.CC(=O)[O-]. The van der Waals surface area contributed by atoms with Crippen molar-refractivity contribution in [2.75, 3.05) is 20.7 Å². The van der Waals surface area contributed by atoms with E-state index in [0.29, 0.717) is 5.57 Å². The molecule has 1 unspecified atom stereocenters. The molecule has 0 fully saturated rings. The van der Waals surface area contributed by atoms with Crippen molar-refractivity contribution in [3.8, 4) is 0 Å². The fraction of sp³-hybridized carbons (Fsp3) is 0.692. The van der Waals surface area contributed by atoms with Gasteiger partial charge in [0.05, 0.1) is 20.7 Å². The first-order chi connectivity index (χ1) is 8.58. The predicted molar refractivity (Wildman–Crippen MR) is 71.5 cm³/mol. The normalized spacial score (nSPS) is 11.9. The van der Waals surface area contributed by atoms with Crippen molar-refractivity contribution >= 4 is 11.9 Å². The van der Waals surface area contributed by atoms with Gasteiger partial charge in [-0.2, -0.15) is 5.43 Å². The molecule has 0 aliphatic rings. The molecule has 0 saturated heterocycles. The van der Waals surface area contributed by atoms with Gasteiger partial charge in [0.15, 0.2) is 0 Å². The number of carbonyl (C=O) groups excluding carboxylic acids is 2. The summed E-state index contributed by atoms with van der Waals surface area (Å²) in [5.74, 6) is -1.26. The number of aliphatic hydroxyl groups is 1. The number of carbonyl (C=O) groups is 2. The molecule has 0 rings (SSSR count). The molecule has 0 aliphatic heterocycles. The van der Waals surface area contributed by atoms with Gasteiger partial charge in [0.25, 0.3) is 5.91 Å². The lowest BCUT2D eigenvalue weighted by molar-refractivity contribution is -0.949. The van der Waals surface area contributed by atoms with E-state index in [1.54, 1.807) is 6.92 Å². The second-order valence-electron chi connectivity index (χ2n) is 4.88. The topological polar surface area (TPSA) is 89.5 Å².